The Morgan fingerprint density at radius 1 is 1.11 bits per heavy atom. The van der Waals surface area contributed by atoms with Crippen LogP contribution in [0.1, 0.15) is 93.6 Å². The molecule has 0 saturated heterocycles. The molecule has 194 valence electrons. The lowest BCUT2D eigenvalue weighted by Gasteiger charge is -2.39. The van der Waals surface area contributed by atoms with Crippen molar-refractivity contribution in [3.8, 4) is 0 Å². The summed E-state index contributed by atoms with van der Waals surface area (Å²) >= 11 is 0. The molecule has 0 spiro atoms. The van der Waals surface area contributed by atoms with Gasteiger partial charge in [-0.25, -0.2) is 15.0 Å². The zero-order chi connectivity index (χ0) is 26.0. The number of hydrogen-bond donors (Lipinski definition) is 1. The Morgan fingerprint density at radius 3 is 2.44 bits per heavy atom. The summed E-state index contributed by atoms with van der Waals surface area (Å²) in [4.78, 5) is 54.7. The molecule has 1 fully saturated rings. The van der Waals surface area contributed by atoms with Crippen LogP contribution >= 0.6 is 0 Å². The van der Waals surface area contributed by atoms with Crippen molar-refractivity contribution in [2.24, 2.45) is 0 Å². The molecule has 0 radical (unpaired) electrons. The molecule has 1 aromatic heterocycles. The predicted molar refractivity (Wildman–Crippen MR) is 131 cm³/mol. The third kappa shape index (κ3) is 4.64. The fourth-order valence-corrected chi connectivity index (χ4v) is 4.99. The van der Waals surface area contributed by atoms with Crippen LogP contribution in [0, 0.1) is 0 Å². The van der Waals surface area contributed by atoms with Gasteiger partial charge >= 0.3 is 12.2 Å². The highest BCUT2D eigenvalue weighted by Crippen LogP contribution is 2.40. The van der Waals surface area contributed by atoms with Gasteiger partial charge in [-0.05, 0) is 50.3 Å². The smallest absolute Gasteiger partial charge is 0.431 e. The Bertz CT molecular complexity index is 1220. The number of ether oxygens (including phenoxy) is 2. The highest BCUT2D eigenvalue weighted by Gasteiger charge is 2.50. The van der Waals surface area contributed by atoms with Crippen molar-refractivity contribution in [2.45, 2.75) is 77.9 Å². The van der Waals surface area contributed by atoms with Crippen LogP contribution in [-0.2, 0) is 9.47 Å². The number of amides is 3. The molecule has 10 heteroatoms. The van der Waals surface area contributed by atoms with Gasteiger partial charge in [-0.15, -0.1) is 0 Å². The van der Waals surface area contributed by atoms with E-state index in [1.807, 2.05) is 19.9 Å². The molecule has 1 N–H and O–H groups in total. The van der Waals surface area contributed by atoms with Crippen LogP contribution in [0.2, 0.25) is 0 Å². The first-order valence-electron chi connectivity index (χ1n) is 12.6. The molecule has 1 unspecified atom stereocenters. The summed E-state index contributed by atoms with van der Waals surface area (Å²) < 4.78 is 16.2. The lowest BCUT2D eigenvalue weighted by molar-refractivity contribution is -0.0102. The largest absolute Gasteiger partial charge is 0.450 e. The molecule has 2 heterocycles. The summed E-state index contributed by atoms with van der Waals surface area (Å²) in [6.45, 7) is 7.38. The maximum Gasteiger partial charge on any atom is 0.431 e. The van der Waals surface area contributed by atoms with Gasteiger partial charge in [0.05, 0.1) is 24.2 Å². The van der Waals surface area contributed by atoms with E-state index in [0.717, 1.165) is 29.8 Å². The molecule has 3 amide bonds. The number of carbonyl (C=O) groups is 3. The van der Waals surface area contributed by atoms with Gasteiger partial charge in [0.1, 0.15) is 5.58 Å². The summed E-state index contributed by atoms with van der Waals surface area (Å²) in [5, 5.41) is 1.19. The van der Waals surface area contributed by atoms with E-state index in [-0.39, 0.29) is 36.5 Å². The van der Waals surface area contributed by atoms with Crippen molar-refractivity contribution in [1.29, 1.82) is 0 Å². The van der Waals surface area contributed by atoms with Crippen molar-refractivity contribution in [2.75, 3.05) is 13.2 Å². The summed E-state index contributed by atoms with van der Waals surface area (Å²) in [6, 6.07) is 5.07. The van der Waals surface area contributed by atoms with E-state index in [1.165, 1.54) is 4.90 Å². The molecule has 1 aromatic carbocycles. The summed E-state index contributed by atoms with van der Waals surface area (Å²) in [5.41, 5.74) is 3.21. The number of rotatable bonds is 5. The Hall–Kier alpha value is -3.56. The van der Waals surface area contributed by atoms with Gasteiger partial charge in [0.15, 0.2) is 6.17 Å². The van der Waals surface area contributed by atoms with E-state index >= 15 is 0 Å². The highest BCUT2D eigenvalue weighted by molar-refractivity contribution is 5.99. The molecule has 2 aromatic rings. The van der Waals surface area contributed by atoms with Gasteiger partial charge in [-0.3, -0.25) is 9.59 Å². The molecule has 1 aliphatic heterocycles. The first-order valence-corrected chi connectivity index (χ1v) is 12.6. The van der Waals surface area contributed by atoms with Crippen LogP contribution in [0.15, 0.2) is 27.4 Å². The number of hydrogen-bond acceptors (Lipinski definition) is 7. The number of benzene rings is 1. The van der Waals surface area contributed by atoms with E-state index in [9.17, 15) is 19.2 Å². The number of hydrazine groups is 1. The van der Waals surface area contributed by atoms with Gasteiger partial charge in [0, 0.05) is 6.04 Å². The average Bonchev–Trinajstić information content (AvgIpc) is 3.15. The quantitative estimate of drug-likeness (QED) is 0.586. The fourth-order valence-electron chi connectivity index (χ4n) is 4.99. The van der Waals surface area contributed by atoms with Crippen LogP contribution in [0.5, 0.6) is 0 Å². The summed E-state index contributed by atoms with van der Waals surface area (Å²) in [7, 11) is 0. The van der Waals surface area contributed by atoms with E-state index < -0.39 is 29.7 Å². The van der Waals surface area contributed by atoms with E-state index in [0.29, 0.717) is 23.8 Å². The molecule has 10 nitrogen and oxygen atoms in total. The van der Waals surface area contributed by atoms with Gasteiger partial charge in [-0.2, -0.15) is 5.01 Å². The van der Waals surface area contributed by atoms with Crippen molar-refractivity contribution in [1.82, 2.24) is 15.3 Å². The topological polar surface area (TPSA) is 118 Å². The number of carbonyl (C=O) groups excluding carboxylic acids is 3. The Kier molecular flexibility index (Phi) is 7.51. The Balaban J connectivity index is 1.92. The van der Waals surface area contributed by atoms with E-state index in [2.05, 4.69) is 5.43 Å². The molecule has 4 rings (SSSR count). The van der Waals surface area contributed by atoms with E-state index in [1.54, 1.807) is 26.0 Å². The summed E-state index contributed by atoms with van der Waals surface area (Å²) in [6.07, 6.45) is 1.22. The minimum Gasteiger partial charge on any atom is -0.450 e. The standard InChI is InChI=1S/C26H33N3O7/c1-5-34-25(32)27-29(26(33)35-6-2)23-20-21(30)18-14-16(15(3)4)12-13-19(18)36-22(20)24(31)28(23)17-10-8-7-9-11-17/h12-15,17,23H,5-11H2,1-4H3,(H,27,32). The second-order valence-electron chi connectivity index (χ2n) is 9.36. The first kappa shape index (κ1) is 25.5. The Labute approximate surface area is 209 Å². The van der Waals surface area contributed by atoms with Gasteiger partial charge in [0.2, 0.25) is 11.2 Å². The molecular formula is C26H33N3O7. The van der Waals surface area contributed by atoms with Crippen molar-refractivity contribution < 1.29 is 28.3 Å². The monoisotopic (exact) mass is 499 g/mol. The zero-order valence-corrected chi connectivity index (χ0v) is 21.2. The molecule has 1 aliphatic carbocycles. The molecule has 0 bridgehead atoms. The molecular weight excluding hydrogens is 466 g/mol. The number of fused-ring (bicyclic) bond motifs is 2. The minimum atomic E-state index is -1.23. The van der Waals surface area contributed by atoms with Crippen LogP contribution in [0.4, 0.5) is 9.59 Å². The fraction of sp³-hybridized carbons (Fsp3) is 0.538. The molecule has 36 heavy (non-hydrogen) atoms. The zero-order valence-electron chi connectivity index (χ0n) is 21.2. The normalized spacial score (nSPS) is 17.9. The lowest BCUT2D eigenvalue weighted by atomic mass is 9.94. The van der Waals surface area contributed by atoms with Gasteiger partial charge in [-0.1, -0.05) is 39.2 Å². The third-order valence-corrected chi connectivity index (χ3v) is 6.73. The van der Waals surface area contributed by atoms with Crippen LogP contribution in [0.25, 0.3) is 11.0 Å². The minimum absolute atomic E-state index is 0.00355. The maximum atomic E-state index is 13.9. The molecule has 1 atom stereocenters. The third-order valence-electron chi connectivity index (χ3n) is 6.73. The number of nitrogens with one attached hydrogen (secondary N) is 1. The SMILES string of the molecule is CCOC(=O)NN(C(=O)OCC)C1c2c(oc3ccc(C(C)C)cc3c2=O)C(=O)N1C1CCCCC1. The molecule has 2 aliphatic rings. The lowest BCUT2D eigenvalue weighted by Crippen LogP contribution is -2.55. The second-order valence-corrected chi connectivity index (χ2v) is 9.36. The van der Waals surface area contributed by atoms with Gasteiger partial charge < -0.3 is 18.8 Å². The van der Waals surface area contributed by atoms with Crippen LogP contribution in [0.3, 0.4) is 0 Å². The van der Waals surface area contributed by atoms with Crippen molar-refractivity contribution >= 4 is 29.1 Å². The van der Waals surface area contributed by atoms with E-state index in [4.69, 9.17) is 13.9 Å². The maximum absolute atomic E-state index is 13.9. The predicted octanol–water partition coefficient (Wildman–Crippen LogP) is 4.82. The Morgan fingerprint density at radius 2 is 1.81 bits per heavy atom. The van der Waals surface area contributed by atoms with Crippen LogP contribution < -0.4 is 10.9 Å². The first-order chi connectivity index (χ1) is 17.3. The highest BCUT2D eigenvalue weighted by atomic mass is 16.6. The van der Waals surface area contributed by atoms with Crippen LogP contribution in [-0.4, -0.2) is 47.3 Å². The summed E-state index contributed by atoms with van der Waals surface area (Å²) in [5.74, 6) is -0.450. The van der Waals surface area contributed by atoms with Gasteiger partial charge in [0.25, 0.3) is 5.91 Å². The molecule has 1 saturated carbocycles. The number of nitrogens with zero attached hydrogens (tertiary/aromatic N) is 2. The second kappa shape index (κ2) is 10.6. The van der Waals surface area contributed by atoms with Crippen molar-refractivity contribution in [3.63, 3.8) is 0 Å². The average molecular weight is 500 g/mol. The van der Waals surface area contributed by atoms with Crippen molar-refractivity contribution in [3.05, 3.63) is 45.3 Å².